The third-order valence-corrected chi connectivity index (χ3v) is 3.01. The van der Waals surface area contributed by atoms with E-state index < -0.39 is 0 Å². The fourth-order valence-electron chi connectivity index (χ4n) is 1.72. The molecule has 0 aliphatic carbocycles. The number of carbonyl (C=O) groups is 2. The van der Waals surface area contributed by atoms with Gasteiger partial charge in [0.25, 0.3) is 5.91 Å². The molecule has 7 heteroatoms. The maximum atomic E-state index is 11.9. The second kappa shape index (κ2) is 5.54. The summed E-state index contributed by atoms with van der Waals surface area (Å²) in [4.78, 5) is 26.7. The number of nitrogens with zero attached hydrogens (tertiary/aromatic N) is 1. The largest absolute Gasteiger partial charge is 0.354 e. The minimum atomic E-state index is -0.276. The van der Waals surface area contributed by atoms with Gasteiger partial charge in [-0.2, -0.15) is 0 Å². The van der Waals surface area contributed by atoms with Crippen molar-refractivity contribution in [2.45, 2.75) is 18.9 Å². The zero-order chi connectivity index (χ0) is 13.1. The molecule has 1 aliphatic rings. The monoisotopic (exact) mass is 287 g/mol. The predicted octanol–water partition coefficient (Wildman–Crippen LogP) is 1.40. The molecule has 2 amide bonds. The van der Waals surface area contributed by atoms with Crippen LogP contribution in [-0.4, -0.2) is 29.4 Å². The molecular weight excluding hydrogens is 277 g/mol. The van der Waals surface area contributed by atoms with E-state index in [-0.39, 0.29) is 28.2 Å². The van der Waals surface area contributed by atoms with Crippen LogP contribution in [0.2, 0.25) is 10.3 Å². The van der Waals surface area contributed by atoms with E-state index in [1.165, 1.54) is 12.1 Å². The van der Waals surface area contributed by atoms with Gasteiger partial charge < -0.3 is 10.6 Å². The van der Waals surface area contributed by atoms with Gasteiger partial charge in [0.15, 0.2) is 0 Å². The normalized spacial score (nSPS) is 19.2. The summed E-state index contributed by atoms with van der Waals surface area (Å²) in [6.07, 6.45) is 1.05. The van der Waals surface area contributed by atoms with Crippen molar-refractivity contribution < 1.29 is 9.59 Å². The smallest absolute Gasteiger partial charge is 0.251 e. The fraction of sp³-hybridized carbons (Fsp3) is 0.364. The Hall–Kier alpha value is -1.33. The average molecular weight is 288 g/mol. The Bertz CT molecular complexity index is 463. The lowest BCUT2D eigenvalue weighted by molar-refractivity contribution is -0.122. The van der Waals surface area contributed by atoms with E-state index in [4.69, 9.17) is 23.2 Å². The highest BCUT2D eigenvalue weighted by molar-refractivity contribution is 6.33. The van der Waals surface area contributed by atoms with Gasteiger partial charge in [0, 0.05) is 24.6 Å². The van der Waals surface area contributed by atoms with E-state index in [1.807, 2.05) is 0 Å². The van der Waals surface area contributed by atoms with Crippen LogP contribution in [0.4, 0.5) is 0 Å². The van der Waals surface area contributed by atoms with Gasteiger partial charge in [-0.25, -0.2) is 4.98 Å². The van der Waals surface area contributed by atoms with Gasteiger partial charge in [-0.3, -0.25) is 9.59 Å². The van der Waals surface area contributed by atoms with E-state index >= 15 is 0 Å². The van der Waals surface area contributed by atoms with Gasteiger partial charge in [-0.1, -0.05) is 23.2 Å². The number of aromatic nitrogens is 1. The van der Waals surface area contributed by atoms with Gasteiger partial charge in [0.05, 0.1) is 0 Å². The quantitative estimate of drug-likeness (QED) is 0.808. The summed E-state index contributed by atoms with van der Waals surface area (Å²) < 4.78 is 0. The SMILES string of the molecule is O=C1CCC(NC(=O)c2cc(Cl)nc(Cl)c2)CN1. The highest BCUT2D eigenvalue weighted by atomic mass is 35.5. The number of amides is 2. The van der Waals surface area contributed by atoms with Crippen molar-refractivity contribution in [2.75, 3.05) is 6.54 Å². The molecular formula is C11H11Cl2N3O2. The number of hydrogen-bond donors (Lipinski definition) is 2. The lowest BCUT2D eigenvalue weighted by atomic mass is 10.1. The van der Waals surface area contributed by atoms with Crippen LogP contribution in [0.5, 0.6) is 0 Å². The second-order valence-corrected chi connectivity index (χ2v) is 4.79. The van der Waals surface area contributed by atoms with Gasteiger partial charge >= 0.3 is 0 Å². The van der Waals surface area contributed by atoms with Gasteiger partial charge in [0.1, 0.15) is 10.3 Å². The number of hydrogen-bond acceptors (Lipinski definition) is 3. The molecule has 2 heterocycles. The second-order valence-electron chi connectivity index (χ2n) is 4.01. The molecule has 0 aromatic carbocycles. The molecule has 0 radical (unpaired) electrons. The summed E-state index contributed by atoms with van der Waals surface area (Å²) in [5.74, 6) is -0.266. The zero-order valence-electron chi connectivity index (χ0n) is 9.37. The number of pyridine rings is 1. The number of rotatable bonds is 2. The Balaban J connectivity index is 2.01. The number of piperidine rings is 1. The van der Waals surface area contributed by atoms with Gasteiger partial charge in [-0.05, 0) is 18.6 Å². The molecule has 18 heavy (non-hydrogen) atoms. The fourth-order valence-corrected chi connectivity index (χ4v) is 2.18. The molecule has 5 nitrogen and oxygen atoms in total. The standard InChI is InChI=1S/C11H11Cl2N3O2/c12-8-3-6(4-9(13)16-8)11(18)15-7-1-2-10(17)14-5-7/h3-4,7H,1-2,5H2,(H,14,17)(H,15,18). The molecule has 0 bridgehead atoms. The summed E-state index contributed by atoms with van der Waals surface area (Å²) in [7, 11) is 0. The number of halogens is 2. The molecule has 0 saturated carbocycles. The van der Waals surface area contributed by atoms with Crippen LogP contribution in [0.3, 0.4) is 0 Å². The van der Waals surface area contributed by atoms with Crippen LogP contribution < -0.4 is 10.6 Å². The van der Waals surface area contributed by atoms with E-state index in [2.05, 4.69) is 15.6 Å². The first-order valence-electron chi connectivity index (χ1n) is 5.45. The molecule has 1 atom stereocenters. The van der Waals surface area contributed by atoms with Crippen LogP contribution in [-0.2, 0) is 4.79 Å². The summed E-state index contributed by atoms with van der Waals surface area (Å²) in [5.41, 5.74) is 0.358. The molecule has 1 fully saturated rings. The van der Waals surface area contributed by atoms with Gasteiger partial charge in [-0.15, -0.1) is 0 Å². The first-order valence-corrected chi connectivity index (χ1v) is 6.21. The summed E-state index contributed by atoms with van der Waals surface area (Å²) in [6.45, 7) is 0.442. The Morgan fingerprint density at radius 2 is 2.06 bits per heavy atom. The van der Waals surface area contributed by atoms with Crippen LogP contribution >= 0.6 is 23.2 Å². The van der Waals surface area contributed by atoms with Crippen LogP contribution in [0, 0.1) is 0 Å². The van der Waals surface area contributed by atoms with Crippen molar-refractivity contribution in [2.24, 2.45) is 0 Å². The third-order valence-electron chi connectivity index (χ3n) is 2.63. The molecule has 1 aromatic rings. The summed E-state index contributed by atoms with van der Waals surface area (Å²) in [6, 6.07) is 2.83. The van der Waals surface area contributed by atoms with Crippen molar-refractivity contribution in [3.05, 3.63) is 28.0 Å². The molecule has 1 aliphatic heterocycles. The Morgan fingerprint density at radius 3 is 2.61 bits per heavy atom. The summed E-state index contributed by atoms with van der Waals surface area (Å²) in [5, 5.41) is 5.85. The van der Waals surface area contributed by atoms with E-state index in [1.54, 1.807) is 0 Å². The highest BCUT2D eigenvalue weighted by Gasteiger charge is 2.20. The molecule has 2 rings (SSSR count). The maximum Gasteiger partial charge on any atom is 0.251 e. The van der Waals surface area contributed by atoms with Crippen molar-refractivity contribution >= 4 is 35.0 Å². The van der Waals surface area contributed by atoms with Crippen LogP contribution in [0.15, 0.2) is 12.1 Å². The van der Waals surface area contributed by atoms with Crippen molar-refractivity contribution in [3.8, 4) is 0 Å². The van der Waals surface area contributed by atoms with E-state index in [0.29, 0.717) is 24.9 Å². The lowest BCUT2D eigenvalue weighted by Crippen LogP contribution is -2.47. The van der Waals surface area contributed by atoms with Gasteiger partial charge in [0.2, 0.25) is 5.91 Å². The zero-order valence-corrected chi connectivity index (χ0v) is 10.9. The highest BCUT2D eigenvalue weighted by Crippen LogP contribution is 2.15. The Kier molecular flexibility index (Phi) is 4.04. The minimum absolute atomic E-state index is 0.00972. The number of carbonyl (C=O) groups excluding carboxylic acids is 2. The molecule has 1 aromatic heterocycles. The topological polar surface area (TPSA) is 71.1 Å². The molecule has 1 saturated heterocycles. The molecule has 96 valence electrons. The Labute approximate surface area is 114 Å². The van der Waals surface area contributed by atoms with Crippen molar-refractivity contribution in [1.82, 2.24) is 15.6 Å². The van der Waals surface area contributed by atoms with Crippen molar-refractivity contribution in [3.63, 3.8) is 0 Å². The van der Waals surface area contributed by atoms with Crippen LogP contribution in [0.25, 0.3) is 0 Å². The Morgan fingerprint density at radius 1 is 1.39 bits per heavy atom. The lowest BCUT2D eigenvalue weighted by Gasteiger charge is -2.23. The predicted molar refractivity (Wildman–Crippen MR) is 67.8 cm³/mol. The molecule has 2 N–H and O–H groups in total. The van der Waals surface area contributed by atoms with Crippen LogP contribution in [0.1, 0.15) is 23.2 Å². The molecule has 0 spiro atoms. The first-order chi connectivity index (χ1) is 8.54. The number of nitrogens with one attached hydrogen (secondary N) is 2. The first kappa shape index (κ1) is 13.1. The van der Waals surface area contributed by atoms with E-state index in [9.17, 15) is 9.59 Å². The summed E-state index contributed by atoms with van der Waals surface area (Å²) >= 11 is 11.4. The van der Waals surface area contributed by atoms with Crippen molar-refractivity contribution in [1.29, 1.82) is 0 Å². The third kappa shape index (κ3) is 3.34. The molecule has 1 unspecified atom stereocenters. The maximum absolute atomic E-state index is 11.9. The minimum Gasteiger partial charge on any atom is -0.354 e. The average Bonchev–Trinajstić information content (AvgIpc) is 2.31. The van der Waals surface area contributed by atoms with E-state index in [0.717, 1.165) is 0 Å².